The first kappa shape index (κ1) is 20.0. The second-order valence-corrected chi connectivity index (χ2v) is 7.01. The van der Waals surface area contributed by atoms with E-state index >= 15 is 0 Å². The molecule has 0 bridgehead atoms. The number of halogens is 2. The Kier molecular flexibility index (Phi) is 7.12. The van der Waals surface area contributed by atoms with Crippen molar-refractivity contribution in [1.29, 1.82) is 0 Å². The van der Waals surface area contributed by atoms with Gasteiger partial charge in [0.2, 0.25) is 5.91 Å². The maximum Gasteiger partial charge on any atom is 0.244 e. The van der Waals surface area contributed by atoms with Gasteiger partial charge < -0.3 is 4.90 Å². The summed E-state index contributed by atoms with van der Waals surface area (Å²) in [5, 5.41) is 0.713. The molecule has 0 aromatic heterocycles. The monoisotopic (exact) mass is 356 g/mol. The Morgan fingerprint density at radius 2 is 2.04 bits per heavy atom. The number of benzene rings is 1. The molecule has 1 heterocycles. The van der Waals surface area contributed by atoms with Crippen LogP contribution in [0.4, 0.5) is 5.69 Å². The molecule has 128 valence electrons. The van der Waals surface area contributed by atoms with Crippen molar-refractivity contribution in [2.24, 2.45) is 5.92 Å². The molecule has 0 spiro atoms. The third-order valence-electron chi connectivity index (χ3n) is 4.12. The van der Waals surface area contributed by atoms with Gasteiger partial charge >= 0.3 is 0 Å². The highest BCUT2D eigenvalue weighted by atomic mass is 35.5. The average Bonchev–Trinajstić information content (AvgIpc) is 2.52. The highest BCUT2D eigenvalue weighted by Crippen LogP contribution is 2.31. The summed E-state index contributed by atoms with van der Waals surface area (Å²) in [6.45, 7) is 9.89. The van der Waals surface area contributed by atoms with E-state index in [9.17, 15) is 4.79 Å². The highest BCUT2D eigenvalue weighted by Gasteiger charge is 2.35. The number of amides is 1. The molecule has 0 aliphatic carbocycles. The van der Waals surface area contributed by atoms with Crippen molar-refractivity contribution < 1.29 is 4.79 Å². The molecule has 3 nitrogen and oxygen atoms in total. The van der Waals surface area contributed by atoms with Crippen LogP contribution in [0.1, 0.15) is 33.3 Å². The van der Waals surface area contributed by atoms with Crippen LogP contribution < -0.4 is 4.90 Å². The van der Waals surface area contributed by atoms with Gasteiger partial charge in [-0.25, -0.2) is 0 Å². The predicted octanol–water partition coefficient (Wildman–Crippen LogP) is 4.53. The van der Waals surface area contributed by atoms with E-state index in [1.807, 2.05) is 25.2 Å². The topological polar surface area (TPSA) is 23.6 Å². The summed E-state index contributed by atoms with van der Waals surface area (Å²) in [4.78, 5) is 16.9. The van der Waals surface area contributed by atoms with Crippen LogP contribution >= 0.6 is 24.0 Å². The Balaban J connectivity index is 0.00000264. The number of hydrogen-bond donors (Lipinski definition) is 0. The third-order valence-corrected chi connectivity index (χ3v) is 4.35. The fourth-order valence-corrected chi connectivity index (χ4v) is 3.18. The van der Waals surface area contributed by atoms with Gasteiger partial charge in [0, 0.05) is 30.8 Å². The fraction of sp³-hybridized carbons (Fsp3) is 0.500. The number of carbonyl (C=O) groups excluding carboxylic acids is 1. The second kappa shape index (κ2) is 8.18. The molecule has 1 aliphatic heterocycles. The molecule has 0 fully saturated rings. The standard InChI is InChI=1S/C18H25ClN2O.ClH/c1-12(2)8-9-21-11-14-10-15(19)6-7-16(14)20(5)18(22)17(21)13(3)4;/h6-8,10,13,17H,9,11H2,1-5H3;1H. The maximum atomic E-state index is 12.9. The Hall–Kier alpha value is -1.03. The van der Waals surface area contributed by atoms with Gasteiger partial charge in [0.1, 0.15) is 0 Å². The number of rotatable bonds is 3. The average molecular weight is 357 g/mol. The zero-order valence-corrected chi connectivity index (χ0v) is 16.0. The normalized spacial score (nSPS) is 18.3. The summed E-state index contributed by atoms with van der Waals surface area (Å²) in [6, 6.07) is 5.64. The molecule has 1 aromatic carbocycles. The first-order chi connectivity index (χ1) is 10.3. The molecule has 0 saturated heterocycles. The molecule has 1 unspecified atom stereocenters. The molecule has 1 aromatic rings. The van der Waals surface area contributed by atoms with Crippen LogP contribution in [0.3, 0.4) is 0 Å². The van der Waals surface area contributed by atoms with Gasteiger partial charge in [-0.1, -0.05) is 37.1 Å². The molecule has 1 amide bonds. The zero-order chi connectivity index (χ0) is 16.4. The smallest absolute Gasteiger partial charge is 0.244 e. The van der Waals surface area contributed by atoms with E-state index < -0.39 is 0 Å². The van der Waals surface area contributed by atoms with E-state index in [-0.39, 0.29) is 30.3 Å². The summed E-state index contributed by atoms with van der Waals surface area (Å²) < 4.78 is 0. The van der Waals surface area contributed by atoms with E-state index in [1.54, 1.807) is 4.90 Å². The van der Waals surface area contributed by atoms with Crippen LogP contribution in [0.25, 0.3) is 0 Å². The summed E-state index contributed by atoms with van der Waals surface area (Å²) in [5.74, 6) is 0.406. The van der Waals surface area contributed by atoms with Gasteiger partial charge in [0.15, 0.2) is 0 Å². The van der Waals surface area contributed by atoms with E-state index in [0.717, 1.165) is 24.3 Å². The van der Waals surface area contributed by atoms with E-state index in [2.05, 4.69) is 38.7 Å². The Morgan fingerprint density at radius 3 is 2.61 bits per heavy atom. The number of fused-ring (bicyclic) bond motifs is 1. The van der Waals surface area contributed by atoms with Gasteiger partial charge in [0.25, 0.3) is 0 Å². The molecule has 0 saturated carbocycles. The van der Waals surface area contributed by atoms with Crippen LogP contribution in [0.5, 0.6) is 0 Å². The molecule has 0 N–H and O–H groups in total. The minimum absolute atomic E-state index is 0. The summed E-state index contributed by atoms with van der Waals surface area (Å²) >= 11 is 6.15. The van der Waals surface area contributed by atoms with E-state index in [1.165, 1.54) is 5.57 Å². The Labute approximate surface area is 150 Å². The van der Waals surface area contributed by atoms with Crippen molar-refractivity contribution in [3.05, 3.63) is 40.4 Å². The molecule has 2 rings (SSSR count). The van der Waals surface area contributed by atoms with Crippen LogP contribution in [-0.2, 0) is 11.3 Å². The quantitative estimate of drug-likeness (QED) is 0.742. The molecular formula is C18H26Cl2N2O. The SMILES string of the molecule is CC(C)=CCN1Cc2cc(Cl)ccc2N(C)C(=O)C1C(C)C.Cl. The molecule has 23 heavy (non-hydrogen) atoms. The summed E-state index contributed by atoms with van der Waals surface area (Å²) in [6.07, 6.45) is 2.18. The maximum absolute atomic E-state index is 12.9. The zero-order valence-electron chi connectivity index (χ0n) is 14.5. The highest BCUT2D eigenvalue weighted by molar-refractivity contribution is 6.30. The van der Waals surface area contributed by atoms with Gasteiger partial charge in [-0.05, 0) is 43.5 Å². The lowest BCUT2D eigenvalue weighted by Crippen LogP contribution is -2.48. The number of anilines is 1. The van der Waals surface area contributed by atoms with Crippen molar-refractivity contribution in [3.8, 4) is 0 Å². The van der Waals surface area contributed by atoms with Gasteiger partial charge in [0.05, 0.1) is 6.04 Å². The Bertz CT molecular complexity index is 595. The van der Waals surface area contributed by atoms with Gasteiger partial charge in [-0.3, -0.25) is 9.69 Å². The lowest BCUT2D eigenvalue weighted by molar-refractivity contribution is -0.124. The minimum Gasteiger partial charge on any atom is -0.314 e. The molecule has 1 aliphatic rings. The lowest BCUT2D eigenvalue weighted by atomic mass is 10.0. The number of likely N-dealkylation sites (N-methyl/N-ethyl adjacent to an activating group) is 1. The summed E-state index contributed by atoms with van der Waals surface area (Å²) in [5.41, 5.74) is 3.33. The molecular weight excluding hydrogens is 331 g/mol. The van der Waals surface area contributed by atoms with Crippen LogP contribution in [0.2, 0.25) is 5.02 Å². The van der Waals surface area contributed by atoms with Crippen molar-refractivity contribution in [2.45, 2.75) is 40.3 Å². The van der Waals surface area contributed by atoms with Crippen molar-refractivity contribution in [2.75, 3.05) is 18.5 Å². The van der Waals surface area contributed by atoms with Crippen molar-refractivity contribution >= 4 is 35.6 Å². The van der Waals surface area contributed by atoms with Crippen molar-refractivity contribution in [1.82, 2.24) is 4.90 Å². The van der Waals surface area contributed by atoms with Crippen LogP contribution in [0, 0.1) is 5.92 Å². The molecule has 5 heteroatoms. The molecule has 1 atom stereocenters. The molecule has 0 radical (unpaired) electrons. The van der Waals surface area contributed by atoms with Crippen LogP contribution in [-0.4, -0.2) is 30.4 Å². The number of allylic oxidation sites excluding steroid dienone is 1. The predicted molar refractivity (Wildman–Crippen MR) is 101 cm³/mol. The Morgan fingerprint density at radius 1 is 1.39 bits per heavy atom. The second-order valence-electron chi connectivity index (χ2n) is 6.57. The largest absolute Gasteiger partial charge is 0.314 e. The van der Waals surface area contributed by atoms with Crippen LogP contribution in [0.15, 0.2) is 29.8 Å². The van der Waals surface area contributed by atoms with Gasteiger partial charge in [-0.2, -0.15) is 0 Å². The fourth-order valence-electron chi connectivity index (χ4n) is 2.98. The first-order valence-corrected chi connectivity index (χ1v) is 8.12. The minimum atomic E-state index is -0.119. The van der Waals surface area contributed by atoms with E-state index in [0.29, 0.717) is 5.02 Å². The third kappa shape index (κ3) is 4.50. The first-order valence-electron chi connectivity index (χ1n) is 7.74. The number of nitrogens with zero attached hydrogens (tertiary/aromatic N) is 2. The summed E-state index contributed by atoms with van der Waals surface area (Å²) in [7, 11) is 1.86. The number of carbonyl (C=O) groups is 1. The van der Waals surface area contributed by atoms with E-state index in [4.69, 9.17) is 11.6 Å². The number of hydrogen-bond acceptors (Lipinski definition) is 2. The van der Waals surface area contributed by atoms with Crippen molar-refractivity contribution in [3.63, 3.8) is 0 Å². The van der Waals surface area contributed by atoms with Gasteiger partial charge in [-0.15, -0.1) is 12.4 Å². The lowest BCUT2D eigenvalue weighted by Gasteiger charge is -2.31.